The van der Waals surface area contributed by atoms with Crippen molar-refractivity contribution in [2.45, 2.75) is 20.3 Å². The van der Waals surface area contributed by atoms with Gasteiger partial charge in [-0.2, -0.15) is 0 Å². The fourth-order valence-corrected chi connectivity index (χ4v) is 3.61. The zero-order valence-corrected chi connectivity index (χ0v) is 17.2. The number of aryl methyl sites for hydroxylation is 1. The third-order valence-corrected chi connectivity index (χ3v) is 5.15. The van der Waals surface area contributed by atoms with E-state index in [1.54, 1.807) is 26.2 Å². The predicted molar refractivity (Wildman–Crippen MR) is 116 cm³/mol. The summed E-state index contributed by atoms with van der Waals surface area (Å²) in [7, 11) is 1.61. The molecule has 154 valence electrons. The van der Waals surface area contributed by atoms with Crippen LogP contribution in [0.4, 0.5) is 11.6 Å². The number of fused-ring (bicyclic) bond motifs is 2. The highest BCUT2D eigenvalue weighted by Gasteiger charge is 2.26. The lowest BCUT2D eigenvalue weighted by Crippen LogP contribution is -2.21. The molecule has 0 atom stereocenters. The van der Waals surface area contributed by atoms with Gasteiger partial charge in [0.15, 0.2) is 0 Å². The lowest BCUT2D eigenvalue weighted by molar-refractivity contribution is -0.138. The number of nitrogens with zero attached hydrogens (tertiary/aromatic N) is 1. The maximum absolute atomic E-state index is 13.4. The van der Waals surface area contributed by atoms with Gasteiger partial charge in [0.05, 0.1) is 24.7 Å². The van der Waals surface area contributed by atoms with Crippen LogP contribution >= 0.6 is 0 Å². The Morgan fingerprint density at radius 1 is 1.17 bits per heavy atom. The number of carbonyl (C=O) groups is 1. The first-order chi connectivity index (χ1) is 14.5. The number of anilines is 2. The summed E-state index contributed by atoms with van der Waals surface area (Å²) in [5.41, 5.74) is 2.95. The molecule has 4 rings (SSSR count). The first-order valence-corrected chi connectivity index (χ1v) is 9.88. The lowest BCUT2D eigenvalue weighted by atomic mass is 10.1. The van der Waals surface area contributed by atoms with Crippen LogP contribution in [0.25, 0.3) is 17.0 Å². The highest BCUT2D eigenvalue weighted by atomic mass is 16.5. The molecule has 1 aliphatic heterocycles. The summed E-state index contributed by atoms with van der Waals surface area (Å²) in [5.74, 6) is 0.735. The Labute approximate surface area is 174 Å². The lowest BCUT2D eigenvalue weighted by Gasteiger charge is -2.23. The Balaban J connectivity index is 1.93. The molecule has 6 heteroatoms. The van der Waals surface area contributed by atoms with Gasteiger partial charge in [0.1, 0.15) is 11.3 Å². The highest BCUT2D eigenvalue weighted by molar-refractivity contribution is 5.96. The van der Waals surface area contributed by atoms with E-state index in [9.17, 15) is 9.59 Å². The Morgan fingerprint density at radius 3 is 2.63 bits per heavy atom. The summed E-state index contributed by atoms with van der Waals surface area (Å²) in [4.78, 5) is 27.8. The van der Waals surface area contributed by atoms with E-state index in [2.05, 4.69) is 0 Å². The second-order valence-electron chi connectivity index (χ2n) is 7.14. The number of benzene rings is 2. The normalized spacial score (nSPS) is 13.4. The fourth-order valence-electron chi connectivity index (χ4n) is 3.61. The summed E-state index contributed by atoms with van der Waals surface area (Å²) >= 11 is 0. The number of ether oxygens (including phenoxy) is 2. The summed E-state index contributed by atoms with van der Waals surface area (Å²) in [5, 5.41) is 0.491. The fraction of sp³-hybridized carbons (Fsp3) is 0.250. The van der Waals surface area contributed by atoms with Gasteiger partial charge in [0.25, 0.3) is 0 Å². The van der Waals surface area contributed by atoms with Crippen LogP contribution in [0.3, 0.4) is 0 Å². The minimum atomic E-state index is -0.413. The first kappa shape index (κ1) is 19.8. The van der Waals surface area contributed by atoms with Crippen molar-refractivity contribution in [2.75, 3.05) is 25.2 Å². The number of carbonyl (C=O) groups excluding carboxylic acids is 1. The van der Waals surface area contributed by atoms with Crippen molar-refractivity contribution >= 4 is 34.6 Å². The molecule has 0 N–H and O–H groups in total. The van der Waals surface area contributed by atoms with E-state index in [1.807, 2.05) is 48.2 Å². The van der Waals surface area contributed by atoms with Crippen LogP contribution in [0.5, 0.6) is 5.75 Å². The van der Waals surface area contributed by atoms with Crippen molar-refractivity contribution in [1.29, 1.82) is 0 Å². The minimum absolute atomic E-state index is 0.169. The monoisotopic (exact) mass is 405 g/mol. The Hall–Kier alpha value is -3.54. The van der Waals surface area contributed by atoms with Crippen LogP contribution in [0, 0.1) is 6.92 Å². The Bertz CT molecular complexity index is 1190. The molecule has 2 heterocycles. The average Bonchev–Trinajstić information content (AvgIpc) is 2.95. The van der Waals surface area contributed by atoms with Gasteiger partial charge in [-0.1, -0.05) is 11.6 Å². The topological polar surface area (TPSA) is 69.0 Å². The van der Waals surface area contributed by atoms with E-state index in [-0.39, 0.29) is 12.0 Å². The molecular formula is C24H23NO5. The third-order valence-electron chi connectivity index (χ3n) is 5.15. The molecule has 6 nitrogen and oxygen atoms in total. The van der Waals surface area contributed by atoms with Gasteiger partial charge < -0.3 is 18.8 Å². The smallest absolute Gasteiger partial charge is 0.334 e. The number of hydrogen-bond acceptors (Lipinski definition) is 6. The third kappa shape index (κ3) is 3.56. The maximum Gasteiger partial charge on any atom is 0.334 e. The van der Waals surface area contributed by atoms with Crippen LogP contribution in [-0.2, 0) is 9.53 Å². The predicted octanol–water partition coefficient (Wildman–Crippen LogP) is 4.60. The van der Waals surface area contributed by atoms with Crippen LogP contribution in [0.1, 0.15) is 24.5 Å². The average molecular weight is 405 g/mol. The molecule has 0 fully saturated rings. The van der Waals surface area contributed by atoms with Crippen molar-refractivity contribution in [1.82, 2.24) is 0 Å². The van der Waals surface area contributed by atoms with Crippen molar-refractivity contribution in [3.05, 3.63) is 69.4 Å². The molecule has 30 heavy (non-hydrogen) atoms. The molecule has 3 aromatic rings. The number of methoxy groups -OCH3 is 1. The summed E-state index contributed by atoms with van der Waals surface area (Å²) < 4.78 is 16.7. The van der Waals surface area contributed by atoms with Crippen LogP contribution in [0.2, 0.25) is 0 Å². The van der Waals surface area contributed by atoms with E-state index in [1.165, 1.54) is 0 Å². The summed E-state index contributed by atoms with van der Waals surface area (Å²) in [6.07, 6.45) is 2.04. The highest BCUT2D eigenvalue weighted by Crippen LogP contribution is 2.35. The molecule has 0 spiro atoms. The zero-order chi connectivity index (χ0) is 21.3. The number of rotatable bonds is 4. The summed E-state index contributed by atoms with van der Waals surface area (Å²) in [6, 6.07) is 13.0. The number of esters is 1. The molecule has 0 aliphatic carbocycles. The van der Waals surface area contributed by atoms with E-state index >= 15 is 0 Å². The second kappa shape index (κ2) is 8.06. The van der Waals surface area contributed by atoms with Crippen molar-refractivity contribution in [3.63, 3.8) is 0 Å². The quantitative estimate of drug-likeness (QED) is 0.591. The molecular weight excluding hydrogens is 382 g/mol. The molecule has 0 radical (unpaired) electrons. The molecule has 0 unspecified atom stereocenters. The largest absolute Gasteiger partial charge is 0.497 e. The van der Waals surface area contributed by atoms with Crippen LogP contribution < -0.4 is 15.1 Å². The van der Waals surface area contributed by atoms with Gasteiger partial charge >= 0.3 is 5.97 Å². The Kier molecular flexibility index (Phi) is 5.31. The summed E-state index contributed by atoms with van der Waals surface area (Å²) in [6.45, 7) is 4.42. The van der Waals surface area contributed by atoms with Gasteiger partial charge in [0, 0.05) is 17.8 Å². The van der Waals surface area contributed by atoms with E-state index in [4.69, 9.17) is 13.9 Å². The van der Waals surface area contributed by atoms with Gasteiger partial charge in [-0.15, -0.1) is 0 Å². The molecule has 1 aromatic heterocycles. The first-order valence-electron chi connectivity index (χ1n) is 9.88. The van der Waals surface area contributed by atoms with E-state index < -0.39 is 5.97 Å². The zero-order valence-electron chi connectivity index (χ0n) is 17.2. The molecule has 0 bridgehead atoms. The van der Waals surface area contributed by atoms with E-state index in [0.29, 0.717) is 41.0 Å². The van der Waals surface area contributed by atoms with Gasteiger partial charge in [-0.25, -0.2) is 4.79 Å². The molecule has 0 saturated carbocycles. The number of hydrogen-bond donors (Lipinski definition) is 0. The minimum Gasteiger partial charge on any atom is -0.497 e. The standard InChI is InChI=1S/C24H23NO5/c1-4-29-24(27)16-11-12-25(17-6-8-18(28-3)9-7-17)23-20(14-16)22(26)19-13-15(2)5-10-21(19)30-23/h5-10,13-14H,4,11-12H2,1-3H3. The van der Waals surface area contributed by atoms with Gasteiger partial charge in [0.2, 0.25) is 11.3 Å². The van der Waals surface area contributed by atoms with Gasteiger partial charge in [-0.05, 0) is 62.7 Å². The van der Waals surface area contributed by atoms with Gasteiger partial charge in [-0.3, -0.25) is 4.79 Å². The molecule has 2 aromatic carbocycles. The maximum atomic E-state index is 13.4. The van der Waals surface area contributed by atoms with Crippen LogP contribution in [0.15, 0.2) is 57.2 Å². The second-order valence-corrected chi connectivity index (χ2v) is 7.14. The van der Waals surface area contributed by atoms with Crippen molar-refractivity contribution in [3.8, 4) is 5.75 Å². The van der Waals surface area contributed by atoms with Crippen LogP contribution in [-0.4, -0.2) is 26.2 Å². The molecule has 0 saturated heterocycles. The van der Waals surface area contributed by atoms with Crippen molar-refractivity contribution < 1.29 is 18.7 Å². The molecule has 1 aliphatic rings. The Morgan fingerprint density at radius 2 is 1.93 bits per heavy atom. The molecule has 0 amide bonds. The van der Waals surface area contributed by atoms with Crippen molar-refractivity contribution in [2.24, 2.45) is 0 Å². The SMILES string of the molecule is CCOC(=O)C1=Cc2c(oc3ccc(C)cc3c2=O)N(c2ccc(OC)cc2)CC1. The van der Waals surface area contributed by atoms with E-state index in [0.717, 1.165) is 17.0 Å².